The minimum atomic E-state index is -3.89. The van der Waals surface area contributed by atoms with Crippen molar-refractivity contribution in [2.45, 2.75) is 19.3 Å². The fourth-order valence-electron chi connectivity index (χ4n) is 2.00. The van der Waals surface area contributed by atoms with E-state index in [1.807, 2.05) is 0 Å². The van der Waals surface area contributed by atoms with Gasteiger partial charge in [0.2, 0.25) is 0 Å². The monoisotopic (exact) mass is 327 g/mol. The Balaban J connectivity index is 2.50. The lowest BCUT2D eigenvalue weighted by Gasteiger charge is -2.41. The van der Waals surface area contributed by atoms with Crippen molar-refractivity contribution in [3.63, 3.8) is 0 Å². The van der Waals surface area contributed by atoms with Gasteiger partial charge in [0.25, 0.3) is 6.50 Å². The molecule has 2 aromatic rings. The van der Waals surface area contributed by atoms with Crippen LogP contribution in [-0.4, -0.2) is 58.3 Å². The Bertz CT molecular complexity index is 1290. The summed E-state index contributed by atoms with van der Waals surface area (Å²) < 4.78 is 122. The fraction of sp³-hybridized carbons (Fsp3) is 0.500. The van der Waals surface area contributed by atoms with Crippen LogP contribution in [0.1, 0.15) is 33.8 Å². The lowest BCUT2D eigenvalue weighted by atomic mass is 9.92. The number of hydrogen-bond donors (Lipinski definition) is 1. The van der Waals surface area contributed by atoms with Gasteiger partial charge in [-0.3, -0.25) is 4.79 Å². The molecule has 0 saturated carbocycles. The van der Waals surface area contributed by atoms with Crippen LogP contribution in [0.3, 0.4) is 0 Å². The summed E-state index contributed by atoms with van der Waals surface area (Å²) >= 11 is 0. The molecule has 3 heterocycles. The van der Waals surface area contributed by atoms with Gasteiger partial charge in [-0.25, -0.2) is 16.5 Å². The number of nitrogens with one attached hydrogen (secondary N) is 1. The van der Waals surface area contributed by atoms with Crippen LogP contribution in [0, 0.1) is 12.5 Å². The molecule has 2 aromatic heterocycles. The Hall–Kier alpha value is -2.62. The summed E-state index contributed by atoms with van der Waals surface area (Å²) in [6, 6.07) is -1.56. The molecule has 2 atom stereocenters. The van der Waals surface area contributed by atoms with Crippen LogP contribution in [0.25, 0.3) is 15.9 Å². The third-order valence-corrected chi connectivity index (χ3v) is 3.05. The molecule has 1 amide bonds. The zero-order valence-corrected chi connectivity index (χ0v) is 11.5. The maximum atomic E-state index is 13.0. The van der Waals surface area contributed by atoms with Crippen LogP contribution >= 0.6 is 0 Å². The summed E-state index contributed by atoms with van der Waals surface area (Å²) in [5, 5.41) is -0.152. The van der Waals surface area contributed by atoms with Gasteiger partial charge in [0.15, 0.2) is 0 Å². The molecule has 0 unspecified atom stereocenters. The SMILES string of the molecule is [2H]c1nc(N([C@@H]2[C@H](C([2H])([2H])[2H])C([2H])([2H])C([2H])([2H])N(C(=O)C([2H])([2H])[N+]#[C-])C2([2H])[2H])C([2H])([2H])[2H])c2cc[nH]c2n1. The van der Waals surface area contributed by atoms with Crippen molar-refractivity contribution in [3.05, 3.63) is 30.0 Å². The van der Waals surface area contributed by atoms with Gasteiger partial charge in [0.05, 0.1) is 14.2 Å². The number of aromatic nitrogens is 3. The zero-order valence-electron chi connectivity index (χ0n) is 26.5. The maximum absolute atomic E-state index is 13.0. The Morgan fingerprint density at radius 2 is 2.70 bits per heavy atom. The average Bonchev–Trinajstić information content (AvgIpc) is 3.18. The van der Waals surface area contributed by atoms with Crippen molar-refractivity contribution in [2.75, 3.05) is 31.4 Å². The highest BCUT2D eigenvalue weighted by atomic mass is 16.2. The van der Waals surface area contributed by atoms with Gasteiger partial charge in [-0.05, 0) is 18.4 Å². The smallest absolute Gasteiger partial charge is 0.302 e. The van der Waals surface area contributed by atoms with E-state index >= 15 is 0 Å². The summed E-state index contributed by atoms with van der Waals surface area (Å²) in [5.74, 6) is -5.74. The van der Waals surface area contributed by atoms with Crippen molar-refractivity contribution in [1.29, 1.82) is 0 Å². The van der Waals surface area contributed by atoms with E-state index in [1.165, 1.54) is 12.3 Å². The molecule has 1 N–H and O–H groups in total. The van der Waals surface area contributed by atoms with Crippen molar-refractivity contribution < 1.29 is 25.4 Å². The third kappa shape index (κ3) is 2.84. The number of aromatic amines is 1. The fourth-order valence-corrected chi connectivity index (χ4v) is 2.00. The van der Waals surface area contributed by atoms with Gasteiger partial charge in [0.1, 0.15) is 21.9 Å². The van der Waals surface area contributed by atoms with Gasteiger partial charge in [-0.15, -0.1) is 0 Å². The second-order valence-electron chi connectivity index (χ2n) is 4.43. The predicted molar refractivity (Wildman–Crippen MR) is 87.9 cm³/mol. The lowest BCUT2D eigenvalue weighted by Crippen LogP contribution is -2.53. The Morgan fingerprint density at radius 3 is 3.48 bits per heavy atom. The van der Waals surface area contributed by atoms with E-state index in [2.05, 4.69) is 19.8 Å². The number of nitrogens with zero attached hydrogens (tertiary/aromatic N) is 5. The van der Waals surface area contributed by atoms with E-state index in [0.29, 0.717) is 0 Å². The summed E-state index contributed by atoms with van der Waals surface area (Å²) in [7, 11) is 0. The van der Waals surface area contributed by atoms with Gasteiger partial charge >= 0.3 is 5.91 Å². The Kier molecular flexibility index (Phi) is 1.49. The molecule has 120 valence electrons. The number of rotatable bonds is 3. The van der Waals surface area contributed by atoms with Crippen LogP contribution in [-0.2, 0) is 4.79 Å². The number of likely N-dealkylation sites (tertiary alicyclic amines) is 1. The Morgan fingerprint density at radius 1 is 1.78 bits per heavy atom. The van der Waals surface area contributed by atoms with E-state index in [9.17, 15) is 4.79 Å². The largest absolute Gasteiger partial charge is 0.354 e. The molecule has 0 radical (unpaired) electrons. The molecular weight excluding hydrogens is 292 g/mol. The van der Waals surface area contributed by atoms with Gasteiger partial charge in [-0.2, -0.15) is 0 Å². The second-order valence-corrected chi connectivity index (χ2v) is 4.43. The summed E-state index contributed by atoms with van der Waals surface area (Å²) in [4.78, 5) is 25.0. The normalized spacial score (nSPS) is 39.1. The maximum Gasteiger partial charge on any atom is 0.302 e. The number of hydrogen-bond acceptors (Lipinski definition) is 4. The van der Waals surface area contributed by atoms with Gasteiger partial charge < -0.3 is 19.6 Å². The van der Waals surface area contributed by atoms with E-state index in [4.69, 9.17) is 27.1 Å². The number of piperidine rings is 1. The first-order valence-electron chi connectivity index (χ1n) is 13.8. The number of fused-ring (bicyclic) bond motifs is 1. The number of amides is 1. The van der Waals surface area contributed by atoms with Gasteiger partial charge in [-0.1, -0.05) is 6.85 Å². The quantitative estimate of drug-likeness (QED) is 0.869. The van der Waals surface area contributed by atoms with E-state index in [0.717, 1.165) is 0 Å². The first-order chi connectivity index (χ1) is 16.9. The highest BCUT2D eigenvalue weighted by Gasteiger charge is 2.33. The van der Waals surface area contributed by atoms with E-state index in [-0.39, 0.29) is 15.9 Å². The van der Waals surface area contributed by atoms with Gasteiger partial charge in [0, 0.05) is 39.9 Å². The van der Waals surface area contributed by atoms with Crippen molar-refractivity contribution >= 4 is 22.8 Å². The number of likely N-dealkylation sites (N-methyl/N-ethyl adjacent to an activating group) is 1. The van der Waals surface area contributed by atoms with Crippen LogP contribution in [0.5, 0.6) is 0 Å². The predicted octanol–water partition coefficient (Wildman–Crippen LogP) is 1.55. The molecule has 1 fully saturated rings. The average molecular weight is 327 g/mol. The molecule has 3 rings (SSSR count). The number of carbonyl (C=O) groups excluding carboxylic acids is 1. The van der Waals surface area contributed by atoms with Crippen molar-refractivity contribution in [1.82, 2.24) is 19.9 Å². The summed E-state index contributed by atoms with van der Waals surface area (Å²) in [5.41, 5.74) is -0.119. The molecule has 7 nitrogen and oxygen atoms in total. The Labute approximate surface area is 156 Å². The first-order valence-corrected chi connectivity index (χ1v) is 6.28. The number of H-pyrrole nitrogens is 1. The van der Waals surface area contributed by atoms with Crippen LogP contribution in [0.15, 0.2) is 18.6 Å². The summed E-state index contributed by atoms with van der Waals surface area (Å²) in [6.07, 6.45) is -3.28. The van der Waals surface area contributed by atoms with E-state index in [1.54, 1.807) is 0 Å². The van der Waals surface area contributed by atoms with E-state index < -0.39 is 74.6 Å². The van der Waals surface area contributed by atoms with Crippen molar-refractivity contribution in [2.24, 2.45) is 5.92 Å². The molecule has 7 heteroatoms. The molecule has 23 heavy (non-hydrogen) atoms. The first kappa shape index (κ1) is 5.48. The molecule has 1 aliphatic heterocycles. The molecule has 1 saturated heterocycles. The highest BCUT2D eigenvalue weighted by Crippen LogP contribution is 2.28. The van der Waals surface area contributed by atoms with Crippen LogP contribution < -0.4 is 4.90 Å². The number of carbonyl (C=O) groups is 1. The minimum Gasteiger partial charge on any atom is -0.354 e. The zero-order chi connectivity index (χ0) is 29.4. The lowest BCUT2D eigenvalue weighted by molar-refractivity contribution is -0.130. The minimum absolute atomic E-state index is 0.0701. The molecule has 0 bridgehead atoms. The molecule has 1 aliphatic rings. The van der Waals surface area contributed by atoms with Crippen molar-refractivity contribution in [3.8, 4) is 0 Å². The number of anilines is 1. The standard InChI is InChI=1S/C16H20N6O/c1-11-5-7-22(14(23)8-17-2)9-13(11)21(3)16-12-4-6-18-15(12)19-10-20-16/h4,6,10-11,13H,5,7-9H2,1,3H3,(H,18,19,20)/t11-,13+/m1/s1/i1D3,3D3,5D2,7D2,8D2,9D2,10D. The second kappa shape index (κ2) is 6.24. The molecule has 0 spiro atoms. The molecule has 0 aromatic carbocycles. The third-order valence-electron chi connectivity index (χ3n) is 3.05. The topological polar surface area (TPSA) is 69.5 Å². The molecule has 0 aliphatic carbocycles. The van der Waals surface area contributed by atoms with Crippen LogP contribution in [0.4, 0.5) is 5.82 Å². The molecular formula is C16H20N6O. The highest BCUT2D eigenvalue weighted by molar-refractivity contribution is 5.87. The van der Waals surface area contributed by atoms with Crippen LogP contribution in [0.2, 0.25) is 0 Å². The summed E-state index contributed by atoms with van der Waals surface area (Å²) in [6.45, 7) is -11.5.